The van der Waals surface area contributed by atoms with E-state index < -0.39 is 5.41 Å². The van der Waals surface area contributed by atoms with E-state index in [1.165, 1.54) is 0 Å². The van der Waals surface area contributed by atoms with Crippen LogP contribution in [-0.2, 0) is 22.7 Å². The predicted molar refractivity (Wildman–Crippen MR) is 108 cm³/mol. The first kappa shape index (κ1) is 19.6. The molecule has 29 heavy (non-hydrogen) atoms. The molecule has 154 valence electrons. The molecule has 0 spiro atoms. The van der Waals surface area contributed by atoms with Crippen molar-refractivity contribution in [2.75, 3.05) is 40.3 Å². The van der Waals surface area contributed by atoms with Gasteiger partial charge < -0.3 is 9.80 Å². The molecule has 2 aromatic rings. The van der Waals surface area contributed by atoms with Crippen molar-refractivity contribution in [2.45, 2.75) is 20.0 Å². The second kappa shape index (κ2) is 7.59. The van der Waals surface area contributed by atoms with Crippen molar-refractivity contribution in [1.29, 1.82) is 0 Å². The van der Waals surface area contributed by atoms with E-state index in [9.17, 15) is 9.59 Å². The van der Waals surface area contributed by atoms with E-state index in [1.54, 1.807) is 36.1 Å². The second-order valence-corrected chi connectivity index (χ2v) is 8.57. The van der Waals surface area contributed by atoms with Crippen LogP contribution in [0.4, 0.5) is 0 Å². The van der Waals surface area contributed by atoms with Crippen LogP contribution in [0.15, 0.2) is 36.9 Å². The smallest absolute Gasteiger partial charge is 0.244 e. The van der Waals surface area contributed by atoms with Gasteiger partial charge in [0.1, 0.15) is 6.54 Å². The number of pyridine rings is 1. The van der Waals surface area contributed by atoms with Crippen LogP contribution in [0.2, 0.25) is 0 Å². The highest BCUT2D eigenvalue weighted by Crippen LogP contribution is 2.44. The number of aromatic nitrogens is 3. The minimum absolute atomic E-state index is 0.0206. The molecule has 2 saturated heterocycles. The molecule has 0 aliphatic carbocycles. The molecule has 4 rings (SSSR count). The minimum Gasteiger partial charge on any atom is -0.348 e. The Balaban J connectivity index is 1.49. The number of rotatable bonds is 5. The maximum atomic E-state index is 13.2. The standard InChI is InChI=1S/C21H28N6O2/c1-16-7-23-27(9-16)13-19(28)26-12-18-11-25(10-17-5-4-6-22-8-17)14-21(18,15-26)20(29)24(2)3/h4-9,18H,10-15H2,1-3H3/t18-,21-/m0/s1. The van der Waals surface area contributed by atoms with Crippen LogP contribution in [-0.4, -0.2) is 81.6 Å². The molecule has 2 amide bonds. The summed E-state index contributed by atoms with van der Waals surface area (Å²) in [6.45, 7) is 5.49. The molecule has 4 heterocycles. The first-order valence-electron chi connectivity index (χ1n) is 9.97. The van der Waals surface area contributed by atoms with Gasteiger partial charge in [-0.15, -0.1) is 0 Å². The van der Waals surface area contributed by atoms with Gasteiger partial charge in [0.15, 0.2) is 0 Å². The number of hydrogen-bond donors (Lipinski definition) is 0. The Morgan fingerprint density at radius 3 is 2.72 bits per heavy atom. The van der Waals surface area contributed by atoms with Crippen molar-refractivity contribution in [2.24, 2.45) is 11.3 Å². The van der Waals surface area contributed by atoms with Gasteiger partial charge in [0.05, 0.1) is 11.6 Å². The normalized spacial score (nSPS) is 24.0. The summed E-state index contributed by atoms with van der Waals surface area (Å²) in [6, 6.07) is 3.99. The third-order valence-electron chi connectivity index (χ3n) is 6.05. The first-order valence-corrected chi connectivity index (χ1v) is 9.97. The molecule has 8 heteroatoms. The molecule has 0 aromatic carbocycles. The Labute approximate surface area is 171 Å². The highest BCUT2D eigenvalue weighted by molar-refractivity contribution is 5.86. The lowest BCUT2D eigenvalue weighted by atomic mass is 9.80. The van der Waals surface area contributed by atoms with E-state index in [1.807, 2.05) is 30.3 Å². The third kappa shape index (κ3) is 3.76. The fraction of sp³-hybridized carbons (Fsp3) is 0.524. The summed E-state index contributed by atoms with van der Waals surface area (Å²) in [7, 11) is 3.60. The number of aryl methyl sites for hydroxylation is 1. The number of carbonyl (C=O) groups excluding carboxylic acids is 2. The molecule has 0 saturated carbocycles. The van der Waals surface area contributed by atoms with Crippen LogP contribution in [0.3, 0.4) is 0 Å². The topological polar surface area (TPSA) is 74.6 Å². The van der Waals surface area contributed by atoms with E-state index in [2.05, 4.69) is 21.0 Å². The van der Waals surface area contributed by atoms with E-state index in [0.29, 0.717) is 19.6 Å². The Morgan fingerprint density at radius 1 is 1.24 bits per heavy atom. The monoisotopic (exact) mass is 396 g/mol. The van der Waals surface area contributed by atoms with Crippen molar-refractivity contribution in [3.63, 3.8) is 0 Å². The summed E-state index contributed by atoms with van der Waals surface area (Å²) in [6.07, 6.45) is 7.25. The number of fused-ring (bicyclic) bond motifs is 1. The fourth-order valence-corrected chi connectivity index (χ4v) is 4.77. The Hall–Kier alpha value is -2.74. The van der Waals surface area contributed by atoms with Crippen molar-refractivity contribution in [3.05, 3.63) is 48.0 Å². The maximum absolute atomic E-state index is 13.2. The molecule has 0 unspecified atom stereocenters. The number of hydrogen-bond acceptors (Lipinski definition) is 5. The van der Waals surface area contributed by atoms with Gasteiger partial charge in [-0.1, -0.05) is 6.07 Å². The van der Waals surface area contributed by atoms with Crippen LogP contribution in [0.25, 0.3) is 0 Å². The molecule has 8 nitrogen and oxygen atoms in total. The molecule has 2 aromatic heterocycles. The molecule has 0 radical (unpaired) electrons. The number of carbonyl (C=O) groups is 2. The van der Waals surface area contributed by atoms with Crippen LogP contribution < -0.4 is 0 Å². The lowest BCUT2D eigenvalue weighted by Crippen LogP contribution is -2.47. The van der Waals surface area contributed by atoms with Crippen LogP contribution >= 0.6 is 0 Å². The Kier molecular flexibility index (Phi) is 5.12. The van der Waals surface area contributed by atoms with Gasteiger partial charge in [0, 0.05) is 71.3 Å². The molecule has 2 aliphatic rings. The minimum atomic E-state index is -0.540. The summed E-state index contributed by atoms with van der Waals surface area (Å²) in [4.78, 5) is 36.1. The average molecular weight is 396 g/mol. The Bertz CT molecular complexity index is 896. The van der Waals surface area contributed by atoms with Crippen molar-refractivity contribution < 1.29 is 9.59 Å². The quantitative estimate of drug-likeness (QED) is 0.741. The van der Waals surface area contributed by atoms with Gasteiger partial charge in [-0.05, 0) is 24.1 Å². The van der Waals surface area contributed by atoms with E-state index in [0.717, 1.165) is 24.2 Å². The van der Waals surface area contributed by atoms with Crippen molar-refractivity contribution in [3.8, 4) is 0 Å². The van der Waals surface area contributed by atoms with Gasteiger partial charge in [0.25, 0.3) is 0 Å². The van der Waals surface area contributed by atoms with Gasteiger partial charge in [0.2, 0.25) is 11.8 Å². The number of amides is 2. The number of likely N-dealkylation sites (tertiary alicyclic amines) is 2. The third-order valence-corrected chi connectivity index (χ3v) is 6.05. The van der Waals surface area contributed by atoms with E-state index in [4.69, 9.17) is 0 Å². The lowest BCUT2D eigenvalue weighted by molar-refractivity contribution is -0.140. The summed E-state index contributed by atoms with van der Waals surface area (Å²) in [5.74, 6) is 0.269. The van der Waals surface area contributed by atoms with Crippen LogP contribution in [0, 0.1) is 18.3 Å². The zero-order chi connectivity index (χ0) is 20.6. The predicted octanol–water partition coefficient (Wildman–Crippen LogP) is 0.635. The zero-order valence-electron chi connectivity index (χ0n) is 17.3. The summed E-state index contributed by atoms with van der Waals surface area (Å²) < 4.78 is 1.67. The summed E-state index contributed by atoms with van der Waals surface area (Å²) in [5, 5.41) is 4.22. The summed E-state index contributed by atoms with van der Waals surface area (Å²) >= 11 is 0. The van der Waals surface area contributed by atoms with Crippen molar-refractivity contribution in [1.82, 2.24) is 29.5 Å². The molecule has 0 bridgehead atoms. The highest BCUT2D eigenvalue weighted by Gasteiger charge is 2.58. The molecular formula is C21H28N6O2. The molecule has 2 aliphatic heterocycles. The van der Waals surface area contributed by atoms with Gasteiger partial charge in [-0.3, -0.25) is 24.2 Å². The maximum Gasteiger partial charge on any atom is 0.244 e. The molecule has 2 atom stereocenters. The van der Waals surface area contributed by atoms with Crippen LogP contribution in [0.1, 0.15) is 11.1 Å². The van der Waals surface area contributed by atoms with E-state index in [-0.39, 0.29) is 24.3 Å². The summed E-state index contributed by atoms with van der Waals surface area (Å²) in [5.41, 5.74) is 1.63. The lowest BCUT2D eigenvalue weighted by Gasteiger charge is -2.31. The molecule has 2 fully saturated rings. The Morgan fingerprint density at radius 2 is 2.07 bits per heavy atom. The fourth-order valence-electron chi connectivity index (χ4n) is 4.77. The van der Waals surface area contributed by atoms with Gasteiger partial charge in [-0.25, -0.2) is 0 Å². The average Bonchev–Trinajstić information content (AvgIpc) is 3.34. The van der Waals surface area contributed by atoms with Gasteiger partial charge in [-0.2, -0.15) is 5.10 Å². The largest absolute Gasteiger partial charge is 0.348 e. The highest BCUT2D eigenvalue weighted by atomic mass is 16.2. The zero-order valence-corrected chi connectivity index (χ0v) is 17.3. The van der Waals surface area contributed by atoms with E-state index >= 15 is 0 Å². The van der Waals surface area contributed by atoms with Crippen molar-refractivity contribution >= 4 is 11.8 Å². The first-order chi connectivity index (χ1) is 13.9. The molecule has 0 N–H and O–H groups in total. The van der Waals surface area contributed by atoms with Crippen LogP contribution in [0.5, 0.6) is 0 Å². The molecular weight excluding hydrogens is 368 g/mol. The second-order valence-electron chi connectivity index (χ2n) is 8.57. The number of nitrogens with zero attached hydrogens (tertiary/aromatic N) is 6. The van der Waals surface area contributed by atoms with Gasteiger partial charge >= 0.3 is 0 Å². The SMILES string of the molecule is Cc1cnn(CC(=O)N2C[C@@H]3CN(Cc4cccnc4)C[C@]3(C(=O)N(C)C)C2)c1.